The Balaban J connectivity index is 2.60. The van der Waals surface area contributed by atoms with E-state index in [1.807, 2.05) is 13.8 Å². The molecule has 8 nitrogen and oxygen atoms in total. The second kappa shape index (κ2) is 10.5. The molecule has 0 aromatic carbocycles. The van der Waals surface area contributed by atoms with Crippen LogP contribution in [0.1, 0.15) is 56.4 Å². The van der Waals surface area contributed by atoms with E-state index in [1.54, 1.807) is 0 Å². The molecule has 158 valence electrons. The molecule has 29 heavy (non-hydrogen) atoms. The molecule has 10 heteroatoms. The molecule has 0 bridgehead atoms. The number of anilines is 2. The van der Waals surface area contributed by atoms with Crippen LogP contribution in [0.2, 0.25) is 10.2 Å². The topological polar surface area (TPSA) is 114 Å². The van der Waals surface area contributed by atoms with Crippen LogP contribution in [0.5, 0.6) is 0 Å². The molecule has 0 aliphatic rings. The average molecular weight is 442 g/mol. The van der Waals surface area contributed by atoms with Gasteiger partial charge in [0.15, 0.2) is 5.69 Å². The van der Waals surface area contributed by atoms with Crippen molar-refractivity contribution in [3.63, 3.8) is 0 Å². The van der Waals surface area contributed by atoms with Gasteiger partial charge in [0.25, 0.3) is 11.5 Å². The summed E-state index contributed by atoms with van der Waals surface area (Å²) in [6.07, 6.45) is 3.92. The second-order valence-electron chi connectivity index (χ2n) is 6.63. The van der Waals surface area contributed by atoms with Gasteiger partial charge in [-0.2, -0.15) is 0 Å². The number of aromatic amines is 1. The number of aromatic nitrogens is 3. The van der Waals surface area contributed by atoms with Crippen LogP contribution in [0.25, 0.3) is 0 Å². The van der Waals surface area contributed by atoms with Crippen molar-refractivity contribution in [1.29, 1.82) is 0 Å². The van der Waals surface area contributed by atoms with Crippen molar-refractivity contribution in [3.8, 4) is 0 Å². The maximum absolute atomic E-state index is 13.3. The van der Waals surface area contributed by atoms with Gasteiger partial charge in [-0.3, -0.25) is 24.0 Å². The number of H-pyrrole nitrogens is 1. The van der Waals surface area contributed by atoms with Crippen LogP contribution in [0.4, 0.5) is 11.5 Å². The van der Waals surface area contributed by atoms with Crippen LogP contribution < -0.4 is 21.9 Å². The van der Waals surface area contributed by atoms with Crippen molar-refractivity contribution >= 4 is 40.6 Å². The van der Waals surface area contributed by atoms with Gasteiger partial charge < -0.3 is 5.73 Å². The van der Waals surface area contributed by atoms with Gasteiger partial charge in [0.1, 0.15) is 16.7 Å². The number of hydrogen-bond acceptors (Lipinski definition) is 5. The molecule has 0 saturated carbocycles. The molecule has 1 amide bonds. The number of halogens is 2. The van der Waals surface area contributed by atoms with Gasteiger partial charge in [-0.15, -0.1) is 0 Å². The number of pyridine rings is 1. The van der Waals surface area contributed by atoms with Gasteiger partial charge in [0, 0.05) is 13.1 Å². The zero-order valence-corrected chi connectivity index (χ0v) is 18.0. The Bertz CT molecular complexity index is 987. The summed E-state index contributed by atoms with van der Waals surface area (Å²) in [5.41, 5.74) is 4.68. The van der Waals surface area contributed by atoms with Crippen LogP contribution in [-0.2, 0) is 6.54 Å². The zero-order chi connectivity index (χ0) is 21.6. The summed E-state index contributed by atoms with van der Waals surface area (Å²) in [5, 5.41) is 0.204. The van der Waals surface area contributed by atoms with Crippen LogP contribution in [0.15, 0.2) is 21.7 Å². The number of nitrogens with zero attached hydrogens (tertiary/aromatic N) is 3. The summed E-state index contributed by atoms with van der Waals surface area (Å²) in [7, 11) is 0. The van der Waals surface area contributed by atoms with Gasteiger partial charge in [-0.05, 0) is 25.0 Å². The van der Waals surface area contributed by atoms with Crippen LogP contribution in [0, 0.1) is 0 Å². The summed E-state index contributed by atoms with van der Waals surface area (Å²) in [6.45, 7) is 4.55. The first-order valence-corrected chi connectivity index (χ1v) is 10.3. The Labute approximate surface area is 178 Å². The molecule has 0 aliphatic carbocycles. The SMILES string of the molecule is CCCCCN(C(=O)c1nc(Cl)ccc1Cl)c1c(N)n(CCCC)c(=O)[nH]c1=O. The highest BCUT2D eigenvalue weighted by atomic mass is 35.5. The number of rotatable bonds is 9. The number of carbonyl (C=O) groups excluding carboxylic acids is 1. The van der Waals surface area contributed by atoms with Crippen molar-refractivity contribution in [2.24, 2.45) is 0 Å². The van der Waals surface area contributed by atoms with E-state index in [0.717, 1.165) is 19.3 Å². The maximum Gasteiger partial charge on any atom is 0.330 e. The van der Waals surface area contributed by atoms with Crippen molar-refractivity contribution in [2.75, 3.05) is 17.2 Å². The minimum Gasteiger partial charge on any atom is -0.383 e. The van der Waals surface area contributed by atoms with Gasteiger partial charge >= 0.3 is 5.69 Å². The third kappa shape index (κ3) is 5.39. The maximum atomic E-state index is 13.3. The van der Waals surface area contributed by atoms with Gasteiger partial charge in [0.05, 0.1) is 5.02 Å². The summed E-state index contributed by atoms with van der Waals surface area (Å²) < 4.78 is 1.27. The number of nitrogens with two attached hydrogens (primary N) is 1. The molecule has 2 aromatic heterocycles. The molecule has 0 saturated heterocycles. The monoisotopic (exact) mass is 441 g/mol. The fraction of sp³-hybridized carbons (Fsp3) is 0.474. The minimum atomic E-state index is -0.733. The van der Waals surface area contributed by atoms with E-state index >= 15 is 0 Å². The quantitative estimate of drug-likeness (QED) is 0.456. The Morgan fingerprint density at radius 1 is 1.17 bits per heavy atom. The second-order valence-corrected chi connectivity index (χ2v) is 7.42. The van der Waals surface area contributed by atoms with Crippen LogP contribution >= 0.6 is 23.2 Å². The lowest BCUT2D eigenvalue weighted by atomic mass is 10.2. The summed E-state index contributed by atoms with van der Waals surface area (Å²) in [4.78, 5) is 45.6. The predicted molar refractivity (Wildman–Crippen MR) is 116 cm³/mol. The molecule has 0 atom stereocenters. The summed E-state index contributed by atoms with van der Waals surface area (Å²) >= 11 is 12.1. The van der Waals surface area contributed by atoms with E-state index in [9.17, 15) is 14.4 Å². The van der Waals surface area contributed by atoms with E-state index in [2.05, 4.69) is 9.97 Å². The van der Waals surface area contributed by atoms with E-state index in [-0.39, 0.29) is 33.9 Å². The van der Waals surface area contributed by atoms with E-state index < -0.39 is 17.2 Å². The normalized spacial score (nSPS) is 10.9. The number of unbranched alkanes of at least 4 members (excludes halogenated alkanes) is 3. The first-order chi connectivity index (χ1) is 13.8. The van der Waals surface area contributed by atoms with Gasteiger partial charge in [-0.25, -0.2) is 9.78 Å². The van der Waals surface area contributed by atoms with E-state index in [1.165, 1.54) is 21.6 Å². The summed E-state index contributed by atoms with van der Waals surface area (Å²) in [5.74, 6) is -0.665. The van der Waals surface area contributed by atoms with Crippen LogP contribution in [0.3, 0.4) is 0 Å². The first kappa shape index (κ1) is 23.0. The fourth-order valence-electron chi connectivity index (χ4n) is 2.91. The number of nitrogens with one attached hydrogen (secondary N) is 1. The molecular formula is C19H25Cl2N5O3. The van der Waals surface area contributed by atoms with Crippen molar-refractivity contribution in [1.82, 2.24) is 14.5 Å². The Kier molecular flexibility index (Phi) is 8.28. The largest absolute Gasteiger partial charge is 0.383 e. The highest BCUT2D eigenvalue weighted by Gasteiger charge is 2.27. The highest BCUT2D eigenvalue weighted by Crippen LogP contribution is 2.24. The molecule has 3 N–H and O–H groups in total. The standard InChI is InChI=1S/C19H25Cl2N5O3/c1-3-5-7-11-25(18(28)14-12(20)8-9-13(21)23-14)15-16(22)26(10-6-4-2)19(29)24-17(15)27/h8-9H,3-7,10-11,22H2,1-2H3,(H,24,27,29). The van der Waals surface area contributed by atoms with E-state index in [0.29, 0.717) is 19.4 Å². The highest BCUT2D eigenvalue weighted by molar-refractivity contribution is 6.35. The van der Waals surface area contributed by atoms with Gasteiger partial charge in [0.2, 0.25) is 0 Å². The third-order valence-corrected chi connectivity index (χ3v) is 4.98. The Morgan fingerprint density at radius 3 is 2.52 bits per heavy atom. The fourth-order valence-corrected chi connectivity index (χ4v) is 3.24. The van der Waals surface area contributed by atoms with Crippen molar-refractivity contribution < 1.29 is 4.79 Å². The molecule has 0 fully saturated rings. The number of nitrogen functional groups attached to an aromatic ring is 1. The zero-order valence-electron chi connectivity index (χ0n) is 16.5. The Morgan fingerprint density at radius 2 is 1.86 bits per heavy atom. The van der Waals surface area contributed by atoms with E-state index in [4.69, 9.17) is 28.9 Å². The minimum absolute atomic E-state index is 0.0600. The lowest BCUT2D eigenvalue weighted by Crippen LogP contribution is -2.42. The number of hydrogen-bond donors (Lipinski definition) is 2. The van der Waals surface area contributed by atoms with Gasteiger partial charge in [-0.1, -0.05) is 56.3 Å². The van der Waals surface area contributed by atoms with Crippen LogP contribution in [-0.4, -0.2) is 27.0 Å². The predicted octanol–water partition coefficient (Wildman–Crippen LogP) is 3.46. The molecule has 0 spiro atoms. The molecule has 0 aliphatic heterocycles. The lowest BCUT2D eigenvalue weighted by molar-refractivity contribution is 0.0981. The smallest absolute Gasteiger partial charge is 0.330 e. The summed E-state index contributed by atoms with van der Waals surface area (Å²) in [6, 6.07) is 2.93. The van der Waals surface area contributed by atoms with Crippen molar-refractivity contribution in [2.45, 2.75) is 52.5 Å². The third-order valence-electron chi connectivity index (χ3n) is 4.46. The average Bonchev–Trinajstić information content (AvgIpc) is 2.68. The number of carbonyl (C=O) groups is 1. The lowest BCUT2D eigenvalue weighted by Gasteiger charge is -2.24. The first-order valence-electron chi connectivity index (χ1n) is 9.58. The molecule has 0 radical (unpaired) electrons. The Hall–Kier alpha value is -2.32. The molecule has 0 unspecified atom stereocenters. The molecule has 2 heterocycles. The molecular weight excluding hydrogens is 417 g/mol. The molecule has 2 rings (SSSR count). The van der Waals surface area contributed by atoms with Crippen molar-refractivity contribution in [3.05, 3.63) is 48.8 Å². The number of amides is 1. The molecule has 2 aromatic rings.